The second kappa shape index (κ2) is 3.19. The molecule has 0 aliphatic rings. The minimum absolute atomic E-state index is 0.762. The number of hydrogen-bond acceptors (Lipinski definition) is 2. The van der Waals surface area contributed by atoms with Crippen molar-refractivity contribution in [2.24, 2.45) is 0 Å². The molecule has 0 saturated heterocycles. The average molecular weight is 148 g/mol. The van der Waals surface area contributed by atoms with Crippen LogP contribution in [-0.4, -0.2) is 4.98 Å². The summed E-state index contributed by atoms with van der Waals surface area (Å²) >= 11 is 0. The number of anilines is 1. The topological polar surface area (TPSA) is 38.9 Å². The van der Waals surface area contributed by atoms with Gasteiger partial charge in [0.05, 0.1) is 17.6 Å². The summed E-state index contributed by atoms with van der Waals surface area (Å²) in [5, 5.41) is 0. The van der Waals surface area contributed by atoms with Gasteiger partial charge in [0.1, 0.15) is 0 Å². The Bertz CT molecular complexity index is 266. The number of hydrogen-bond donors (Lipinski definition) is 1. The molecule has 1 rings (SSSR count). The molecule has 58 valence electrons. The van der Waals surface area contributed by atoms with Crippen LogP contribution in [0.25, 0.3) is 6.08 Å². The molecule has 0 aromatic carbocycles. The van der Waals surface area contributed by atoms with E-state index >= 15 is 0 Å². The molecule has 0 aliphatic carbocycles. The van der Waals surface area contributed by atoms with Gasteiger partial charge in [0.2, 0.25) is 0 Å². The zero-order valence-corrected chi connectivity index (χ0v) is 6.67. The number of nitrogens with zero attached hydrogens (tertiary/aromatic N) is 1. The normalized spacial score (nSPS) is 9.55. The summed E-state index contributed by atoms with van der Waals surface area (Å²) in [5.74, 6) is 0. The molecule has 0 saturated carbocycles. The van der Waals surface area contributed by atoms with E-state index in [2.05, 4.69) is 18.5 Å². The molecule has 1 aromatic heterocycles. The van der Waals surface area contributed by atoms with E-state index in [4.69, 9.17) is 5.73 Å². The third kappa shape index (κ3) is 1.58. The van der Waals surface area contributed by atoms with E-state index in [9.17, 15) is 0 Å². The quantitative estimate of drug-likeness (QED) is 0.695. The van der Waals surface area contributed by atoms with Gasteiger partial charge in [-0.25, -0.2) is 0 Å². The maximum absolute atomic E-state index is 5.66. The first-order valence-corrected chi connectivity index (χ1v) is 3.64. The molecule has 0 amide bonds. The maximum Gasteiger partial charge on any atom is 0.0628 e. The molecule has 2 N–H and O–H groups in total. The third-order valence-corrected chi connectivity index (χ3v) is 1.64. The lowest BCUT2D eigenvalue weighted by atomic mass is 10.1. The highest BCUT2D eigenvalue weighted by Gasteiger charge is 1.96. The van der Waals surface area contributed by atoms with E-state index in [0.717, 1.165) is 23.4 Å². The number of pyridine rings is 1. The van der Waals surface area contributed by atoms with Gasteiger partial charge >= 0.3 is 0 Å². The Morgan fingerprint density at radius 2 is 2.45 bits per heavy atom. The van der Waals surface area contributed by atoms with Crippen LogP contribution in [0.2, 0.25) is 0 Å². The highest BCUT2D eigenvalue weighted by molar-refractivity contribution is 5.51. The lowest BCUT2D eigenvalue weighted by molar-refractivity contribution is 1.12. The van der Waals surface area contributed by atoms with Crippen LogP contribution in [0.5, 0.6) is 0 Å². The van der Waals surface area contributed by atoms with Crippen molar-refractivity contribution in [2.45, 2.75) is 13.3 Å². The monoisotopic (exact) mass is 148 g/mol. The van der Waals surface area contributed by atoms with Crippen LogP contribution < -0.4 is 5.73 Å². The van der Waals surface area contributed by atoms with Crippen LogP contribution in [0.15, 0.2) is 18.8 Å². The Morgan fingerprint density at radius 1 is 1.73 bits per heavy atom. The minimum atomic E-state index is 0.762. The number of rotatable bonds is 2. The van der Waals surface area contributed by atoms with Crippen LogP contribution in [0.1, 0.15) is 18.2 Å². The van der Waals surface area contributed by atoms with Crippen LogP contribution >= 0.6 is 0 Å². The summed E-state index contributed by atoms with van der Waals surface area (Å²) in [7, 11) is 0. The van der Waals surface area contributed by atoms with E-state index in [1.165, 1.54) is 0 Å². The first kappa shape index (κ1) is 7.79. The molecule has 2 nitrogen and oxygen atoms in total. The van der Waals surface area contributed by atoms with Crippen molar-refractivity contribution in [3.63, 3.8) is 0 Å². The van der Waals surface area contributed by atoms with Gasteiger partial charge in [0.15, 0.2) is 0 Å². The minimum Gasteiger partial charge on any atom is -0.397 e. The van der Waals surface area contributed by atoms with Gasteiger partial charge in [-0.15, -0.1) is 0 Å². The Balaban J connectivity index is 3.12. The molecular formula is C9H12N2. The fourth-order valence-corrected chi connectivity index (χ4v) is 0.944. The van der Waals surface area contributed by atoms with Crippen LogP contribution in [0, 0.1) is 0 Å². The zero-order valence-electron chi connectivity index (χ0n) is 6.67. The van der Waals surface area contributed by atoms with Gasteiger partial charge in [-0.3, -0.25) is 4.98 Å². The molecule has 0 aliphatic heterocycles. The third-order valence-electron chi connectivity index (χ3n) is 1.64. The van der Waals surface area contributed by atoms with Gasteiger partial charge in [-0.05, 0) is 24.1 Å². The van der Waals surface area contributed by atoms with E-state index in [-0.39, 0.29) is 0 Å². The fourth-order valence-electron chi connectivity index (χ4n) is 0.944. The molecule has 0 radical (unpaired) electrons. The molecule has 11 heavy (non-hydrogen) atoms. The van der Waals surface area contributed by atoms with Crippen molar-refractivity contribution in [3.8, 4) is 0 Å². The smallest absolute Gasteiger partial charge is 0.0628 e. The Morgan fingerprint density at radius 3 is 3.00 bits per heavy atom. The van der Waals surface area contributed by atoms with Crippen molar-refractivity contribution in [2.75, 3.05) is 5.73 Å². The second-order valence-corrected chi connectivity index (χ2v) is 2.37. The SMILES string of the molecule is C=Cc1cc(CC)c(N)cn1. The van der Waals surface area contributed by atoms with E-state index in [1.54, 1.807) is 12.3 Å². The Kier molecular flexibility index (Phi) is 2.26. The molecule has 0 atom stereocenters. The molecule has 1 heterocycles. The van der Waals surface area contributed by atoms with Gasteiger partial charge in [-0.1, -0.05) is 13.5 Å². The summed E-state index contributed by atoms with van der Waals surface area (Å²) in [4.78, 5) is 4.06. The van der Waals surface area contributed by atoms with Crippen molar-refractivity contribution >= 4 is 11.8 Å². The summed E-state index contributed by atoms with van der Waals surface area (Å²) < 4.78 is 0. The Hall–Kier alpha value is -1.31. The molecule has 1 aromatic rings. The molecule has 0 unspecified atom stereocenters. The molecule has 0 fully saturated rings. The van der Waals surface area contributed by atoms with E-state index in [0.29, 0.717) is 0 Å². The van der Waals surface area contributed by atoms with Gasteiger partial charge in [0.25, 0.3) is 0 Å². The van der Waals surface area contributed by atoms with Crippen LogP contribution in [-0.2, 0) is 6.42 Å². The van der Waals surface area contributed by atoms with E-state index in [1.807, 2.05) is 6.07 Å². The average Bonchev–Trinajstić information content (AvgIpc) is 2.05. The van der Waals surface area contributed by atoms with E-state index < -0.39 is 0 Å². The number of nitrogen functional groups attached to an aromatic ring is 1. The molecular weight excluding hydrogens is 136 g/mol. The lowest BCUT2D eigenvalue weighted by Gasteiger charge is -2.01. The molecule has 0 spiro atoms. The van der Waals surface area contributed by atoms with Gasteiger partial charge < -0.3 is 5.73 Å². The highest BCUT2D eigenvalue weighted by Crippen LogP contribution is 2.12. The highest BCUT2D eigenvalue weighted by atomic mass is 14.7. The number of nitrogens with two attached hydrogens (primary N) is 1. The first-order valence-electron chi connectivity index (χ1n) is 3.64. The predicted molar refractivity (Wildman–Crippen MR) is 48.1 cm³/mol. The van der Waals surface area contributed by atoms with Crippen molar-refractivity contribution in [1.82, 2.24) is 4.98 Å². The van der Waals surface area contributed by atoms with Crippen LogP contribution in [0.4, 0.5) is 5.69 Å². The van der Waals surface area contributed by atoms with Gasteiger partial charge in [0, 0.05) is 0 Å². The fraction of sp³-hybridized carbons (Fsp3) is 0.222. The largest absolute Gasteiger partial charge is 0.397 e. The van der Waals surface area contributed by atoms with Gasteiger partial charge in [-0.2, -0.15) is 0 Å². The molecule has 2 heteroatoms. The first-order chi connectivity index (χ1) is 5.27. The summed E-state index contributed by atoms with van der Waals surface area (Å²) in [5.41, 5.74) is 8.44. The predicted octanol–water partition coefficient (Wildman–Crippen LogP) is 1.87. The number of aromatic nitrogens is 1. The van der Waals surface area contributed by atoms with Crippen molar-refractivity contribution < 1.29 is 0 Å². The van der Waals surface area contributed by atoms with Crippen molar-refractivity contribution in [1.29, 1.82) is 0 Å². The maximum atomic E-state index is 5.66. The molecule has 0 bridgehead atoms. The summed E-state index contributed by atoms with van der Waals surface area (Å²) in [6, 6.07) is 1.96. The Labute approximate surface area is 66.8 Å². The van der Waals surface area contributed by atoms with Crippen molar-refractivity contribution in [3.05, 3.63) is 30.1 Å². The number of aryl methyl sites for hydroxylation is 1. The zero-order chi connectivity index (χ0) is 8.27. The summed E-state index contributed by atoms with van der Waals surface area (Å²) in [6.07, 6.45) is 4.34. The van der Waals surface area contributed by atoms with Crippen LogP contribution in [0.3, 0.4) is 0 Å². The standard InChI is InChI=1S/C9H12N2/c1-3-7-5-8(4-2)11-6-9(7)10/h4-6H,2-3,10H2,1H3. The second-order valence-electron chi connectivity index (χ2n) is 2.37. The summed E-state index contributed by atoms with van der Waals surface area (Å²) in [6.45, 7) is 5.70. The lowest BCUT2D eigenvalue weighted by Crippen LogP contribution is -1.95.